The zero-order chi connectivity index (χ0) is 32.6. The van der Waals surface area contributed by atoms with Gasteiger partial charge in [0.1, 0.15) is 11.5 Å². The number of hydrogen-bond donors (Lipinski definition) is 0. The number of anilines is 6. The van der Waals surface area contributed by atoms with Crippen LogP contribution in [0.4, 0.5) is 34.1 Å². The van der Waals surface area contributed by atoms with Crippen molar-refractivity contribution in [1.29, 1.82) is 0 Å². The normalized spacial score (nSPS) is 11.4. The first kappa shape index (κ1) is 28.6. The molecule has 3 heteroatoms. The number of nitrogens with zero attached hydrogens (tertiary/aromatic N) is 2. The molecule has 0 unspecified atom stereocenters. The highest BCUT2D eigenvalue weighted by Crippen LogP contribution is 2.51. The van der Waals surface area contributed by atoms with E-state index in [0.717, 1.165) is 62.0 Å². The van der Waals surface area contributed by atoms with Crippen LogP contribution in [0, 0.1) is 0 Å². The molecule has 232 valence electrons. The quantitative estimate of drug-likeness (QED) is 0.175. The molecule has 0 fully saturated rings. The van der Waals surface area contributed by atoms with Crippen LogP contribution in [0.1, 0.15) is 0 Å². The number of ether oxygens (including phenoxy) is 1. The van der Waals surface area contributed by atoms with E-state index >= 15 is 0 Å². The van der Waals surface area contributed by atoms with Gasteiger partial charge in [-0.3, -0.25) is 0 Å². The molecule has 3 nitrogen and oxygen atoms in total. The summed E-state index contributed by atoms with van der Waals surface area (Å²) in [5, 5.41) is 2.26. The Bertz CT molecular complexity index is 2350. The topological polar surface area (TPSA) is 15.7 Å². The second kappa shape index (κ2) is 12.2. The van der Waals surface area contributed by atoms with Crippen LogP contribution in [0.3, 0.4) is 0 Å². The monoisotopic (exact) mass is 628 g/mol. The number of benzene rings is 8. The molecule has 0 atom stereocenters. The van der Waals surface area contributed by atoms with Gasteiger partial charge in [0.25, 0.3) is 0 Å². The van der Waals surface area contributed by atoms with E-state index in [4.69, 9.17) is 4.74 Å². The summed E-state index contributed by atoms with van der Waals surface area (Å²) >= 11 is 0. The van der Waals surface area contributed by atoms with E-state index in [-0.39, 0.29) is 0 Å². The Hall–Kier alpha value is -6.58. The fourth-order valence-corrected chi connectivity index (χ4v) is 6.94. The predicted octanol–water partition coefficient (Wildman–Crippen LogP) is 13.2. The molecule has 0 saturated heterocycles. The first-order valence-electron chi connectivity index (χ1n) is 16.6. The zero-order valence-corrected chi connectivity index (χ0v) is 26.8. The van der Waals surface area contributed by atoms with Gasteiger partial charge in [0.15, 0.2) is 0 Å². The third-order valence-electron chi connectivity index (χ3n) is 9.19. The summed E-state index contributed by atoms with van der Waals surface area (Å²) in [6, 6.07) is 68.4. The Morgan fingerprint density at radius 1 is 0.306 bits per heavy atom. The van der Waals surface area contributed by atoms with Gasteiger partial charge in [-0.2, -0.15) is 0 Å². The average Bonchev–Trinajstić information content (AvgIpc) is 3.17. The standard InChI is InChI=1S/C46H32N2O/c1-5-14-33(15-6-1)34-24-26-39(27-25-34)48(38-21-11-4-12-22-38)41-30-35-16-13-23-43-42-29-28-40(31-44(42)49-45(32-41)46(35)43)47(36-17-7-2-8-18-36)37-19-9-3-10-20-37/h1-32H. The van der Waals surface area contributed by atoms with E-state index in [2.05, 4.69) is 192 Å². The lowest BCUT2D eigenvalue weighted by Gasteiger charge is -2.29. The number of hydrogen-bond acceptors (Lipinski definition) is 3. The van der Waals surface area contributed by atoms with E-state index in [0.29, 0.717) is 0 Å². The molecule has 0 aromatic heterocycles. The lowest BCUT2D eigenvalue weighted by atomic mass is 9.93. The summed E-state index contributed by atoms with van der Waals surface area (Å²) in [6.45, 7) is 0. The molecule has 0 spiro atoms. The maximum Gasteiger partial charge on any atom is 0.138 e. The first-order valence-corrected chi connectivity index (χ1v) is 16.6. The molecular formula is C46H32N2O. The molecule has 1 heterocycles. The minimum atomic E-state index is 0.838. The molecule has 0 N–H and O–H groups in total. The molecule has 0 aliphatic carbocycles. The van der Waals surface area contributed by atoms with Gasteiger partial charge in [0, 0.05) is 51.5 Å². The third kappa shape index (κ3) is 5.28. The van der Waals surface area contributed by atoms with E-state index in [1.165, 1.54) is 16.7 Å². The van der Waals surface area contributed by atoms with Gasteiger partial charge in [-0.05, 0) is 88.8 Å². The molecular weight excluding hydrogens is 597 g/mol. The number of rotatable bonds is 7. The molecule has 9 rings (SSSR count). The van der Waals surface area contributed by atoms with Crippen LogP contribution >= 0.6 is 0 Å². The molecule has 8 aromatic rings. The Morgan fingerprint density at radius 3 is 1.41 bits per heavy atom. The molecule has 49 heavy (non-hydrogen) atoms. The van der Waals surface area contributed by atoms with Crippen LogP contribution < -0.4 is 14.5 Å². The van der Waals surface area contributed by atoms with Crippen LogP contribution in [0.5, 0.6) is 11.5 Å². The molecule has 1 aliphatic rings. The van der Waals surface area contributed by atoms with E-state index < -0.39 is 0 Å². The summed E-state index contributed by atoms with van der Waals surface area (Å²) in [6.07, 6.45) is 0. The molecule has 0 bridgehead atoms. The van der Waals surface area contributed by atoms with Gasteiger partial charge in [-0.25, -0.2) is 0 Å². The van der Waals surface area contributed by atoms with Crippen LogP contribution in [0.25, 0.3) is 33.0 Å². The van der Waals surface area contributed by atoms with Crippen molar-refractivity contribution in [1.82, 2.24) is 0 Å². The van der Waals surface area contributed by atoms with Crippen molar-refractivity contribution in [2.75, 3.05) is 9.80 Å². The van der Waals surface area contributed by atoms with Gasteiger partial charge in [0.05, 0.1) is 5.69 Å². The highest BCUT2D eigenvalue weighted by Gasteiger charge is 2.24. The molecule has 1 aliphatic heterocycles. The predicted molar refractivity (Wildman–Crippen MR) is 204 cm³/mol. The Morgan fingerprint density at radius 2 is 0.796 bits per heavy atom. The maximum atomic E-state index is 6.90. The Balaban J connectivity index is 1.16. The number of fused-ring (bicyclic) bond motifs is 2. The van der Waals surface area contributed by atoms with Crippen LogP contribution in [-0.4, -0.2) is 0 Å². The van der Waals surface area contributed by atoms with E-state index in [9.17, 15) is 0 Å². The average molecular weight is 629 g/mol. The highest BCUT2D eigenvalue weighted by atomic mass is 16.5. The highest BCUT2D eigenvalue weighted by molar-refractivity contribution is 6.06. The van der Waals surface area contributed by atoms with Crippen molar-refractivity contribution >= 4 is 44.9 Å². The minimum Gasteiger partial charge on any atom is -0.456 e. The second-order valence-electron chi connectivity index (χ2n) is 12.2. The van der Waals surface area contributed by atoms with Gasteiger partial charge in [0.2, 0.25) is 0 Å². The molecule has 0 saturated carbocycles. The zero-order valence-electron chi connectivity index (χ0n) is 26.8. The summed E-state index contributed by atoms with van der Waals surface area (Å²) in [7, 11) is 0. The van der Waals surface area contributed by atoms with Gasteiger partial charge in [-0.15, -0.1) is 0 Å². The lowest BCUT2D eigenvalue weighted by molar-refractivity contribution is 0.487. The van der Waals surface area contributed by atoms with Crippen molar-refractivity contribution in [3.8, 4) is 33.8 Å². The fraction of sp³-hybridized carbons (Fsp3) is 0. The van der Waals surface area contributed by atoms with Gasteiger partial charge >= 0.3 is 0 Å². The SMILES string of the molecule is c1ccc(-c2ccc(N(c3ccccc3)c3cc4c5c(cccc5c3)-c3ccc(N(c5ccccc5)c5ccccc5)cc3O4)cc2)cc1. The van der Waals surface area contributed by atoms with Crippen molar-refractivity contribution in [3.05, 3.63) is 194 Å². The van der Waals surface area contributed by atoms with Crippen molar-refractivity contribution in [2.45, 2.75) is 0 Å². The summed E-state index contributed by atoms with van der Waals surface area (Å²) < 4.78 is 6.90. The van der Waals surface area contributed by atoms with Gasteiger partial charge in [-0.1, -0.05) is 115 Å². The Labute approximate surface area is 286 Å². The summed E-state index contributed by atoms with van der Waals surface area (Å²) in [5.74, 6) is 1.69. The maximum absolute atomic E-state index is 6.90. The van der Waals surface area contributed by atoms with Crippen LogP contribution in [0.2, 0.25) is 0 Å². The van der Waals surface area contributed by atoms with Crippen molar-refractivity contribution in [3.63, 3.8) is 0 Å². The summed E-state index contributed by atoms with van der Waals surface area (Å²) in [4.78, 5) is 4.58. The molecule has 0 radical (unpaired) electrons. The second-order valence-corrected chi connectivity index (χ2v) is 12.2. The largest absolute Gasteiger partial charge is 0.456 e. The minimum absolute atomic E-state index is 0.838. The van der Waals surface area contributed by atoms with Crippen molar-refractivity contribution < 1.29 is 4.74 Å². The van der Waals surface area contributed by atoms with Crippen molar-refractivity contribution in [2.24, 2.45) is 0 Å². The third-order valence-corrected chi connectivity index (χ3v) is 9.19. The Kier molecular flexibility index (Phi) is 7.14. The van der Waals surface area contributed by atoms with E-state index in [1.807, 2.05) is 12.1 Å². The smallest absolute Gasteiger partial charge is 0.138 e. The molecule has 8 aromatic carbocycles. The lowest BCUT2D eigenvalue weighted by Crippen LogP contribution is -2.11. The molecule has 0 amide bonds. The van der Waals surface area contributed by atoms with Gasteiger partial charge < -0.3 is 14.5 Å². The van der Waals surface area contributed by atoms with E-state index in [1.54, 1.807) is 0 Å². The summed E-state index contributed by atoms with van der Waals surface area (Å²) in [5.41, 5.74) is 11.1. The first-order chi connectivity index (χ1) is 24.3. The van der Waals surface area contributed by atoms with Crippen LogP contribution in [-0.2, 0) is 0 Å². The van der Waals surface area contributed by atoms with Crippen LogP contribution in [0.15, 0.2) is 194 Å². The fourth-order valence-electron chi connectivity index (χ4n) is 6.94. The number of para-hydroxylation sites is 3.